The Morgan fingerprint density at radius 2 is 2.47 bits per heavy atom. The van der Waals surface area contributed by atoms with Crippen molar-refractivity contribution in [3.63, 3.8) is 0 Å². The Morgan fingerprint density at radius 1 is 1.58 bits per heavy atom. The minimum absolute atomic E-state index is 0.308. The Kier molecular flexibility index (Phi) is 3.62. The molecular formula is C14H15ClN2OS. The summed E-state index contributed by atoms with van der Waals surface area (Å²) in [6.45, 7) is 2.58. The lowest BCUT2D eigenvalue weighted by atomic mass is 10.1. The molecule has 100 valence electrons. The highest BCUT2D eigenvalue weighted by Crippen LogP contribution is 2.41. The van der Waals surface area contributed by atoms with Crippen LogP contribution < -0.4 is 10.1 Å². The Labute approximate surface area is 121 Å². The van der Waals surface area contributed by atoms with Crippen molar-refractivity contribution in [1.82, 2.24) is 4.98 Å². The van der Waals surface area contributed by atoms with E-state index < -0.39 is 0 Å². The number of pyridine rings is 1. The first-order valence-electron chi connectivity index (χ1n) is 6.40. The summed E-state index contributed by atoms with van der Waals surface area (Å²) in [5, 5.41) is 3.52. The number of nitrogens with zero attached hydrogens (tertiary/aromatic N) is 1. The first-order chi connectivity index (χ1) is 9.28. The summed E-state index contributed by atoms with van der Waals surface area (Å²) in [4.78, 5) is 5.66. The van der Waals surface area contributed by atoms with Crippen molar-refractivity contribution in [3.05, 3.63) is 39.2 Å². The third-order valence-electron chi connectivity index (χ3n) is 3.23. The van der Waals surface area contributed by atoms with Crippen LogP contribution in [0.25, 0.3) is 0 Å². The van der Waals surface area contributed by atoms with Gasteiger partial charge in [-0.25, -0.2) is 4.98 Å². The Balaban J connectivity index is 1.83. The summed E-state index contributed by atoms with van der Waals surface area (Å²) in [5.41, 5.74) is 2.27. The molecule has 19 heavy (non-hydrogen) atoms. The quantitative estimate of drug-likeness (QED) is 0.913. The van der Waals surface area contributed by atoms with E-state index in [-0.39, 0.29) is 0 Å². The van der Waals surface area contributed by atoms with Gasteiger partial charge in [-0.2, -0.15) is 0 Å². The smallest absolute Gasteiger partial charge is 0.237 e. The largest absolute Gasteiger partial charge is 0.476 e. The summed E-state index contributed by atoms with van der Waals surface area (Å²) >= 11 is 7.77. The van der Waals surface area contributed by atoms with E-state index in [0.29, 0.717) is 18.5 Å². The van der Waals surface area contributed by atoms with Crippen LogP contribution in [0.15, 0.2) is 24.4 Å². The molecule has 2 heterocycles. The van der Waals surface area contributed by atoms with Crippen molar-refractivity contribution in [2.24, 2.45) is 0 Å². The number of rotatable bonds is 4. The third kappa shape index (κ3) is 2.55. The van der Waals surface area contributed by atoms with Crippen LogP contribution in [0.3, 0.4) is 0 Å². The molecule has 3 nitrogen and oxygen atoms in total. The van der Waals surface area contributed by atoms with Crippen LogP contribution in [-0.2, 0) is 6.42 Å². The molecule has 0 amide bonds. The van der Waals surface area contributed by atoms with Gasteiger partial charge < -0.3 is 10.1 Å². The molecule has 0 saturated heterocycles. The molecule has 1 aliphatic rings. The molecule has 0 spiro atoms. The molecule has 0 aliphatic heterocycles. The van der Waals surface area contributed by atoms with Gasteiger partial charge in [-0.1, -0.05) is 11.6 Å². The van der Waals surface area contributed by atoms with Gasteiger partial charge in [0.05, 0.1) is 22.7 Å². The topological polar surface area (TPSA) is 34.1 Å². The molecule has 2 aromatic rings. The lowest BCUT2D eigenvalue weighted by molar-refractivity contribution is 0.328. The van der Waals surface area contributed by atoms with E-state index in [2.05, 4.69) is 16.4 Å². The molecule has 1 unspecified atom stereocenters. The van der Waals surface area contributed by atoms with E-state index in [0.717, 1.165) is 22.9 Å². The monoisotopic (exact) mass is 294 g/mol. The van der Waals surface area contributed by atoms with Crippen LogP contribution in [0.1, 0.15) is 29.8 Å². The summed E-state index contributed by atoms with van der Waals surface area (Å²) in [6.07, 6.45) is 3.94. The second kappa shape index (κ2) is 5.39. The molecule has 1 atom stereocenters. The summed E-state index contributed by atoms with van der Waals surface area (Å²) in [6, 6.07) is 6.30. The highest BCUT2D eigenvalue weighted by Gasteiger charge is 2.25. The van der Waals surface area contributed by atoms with Gasteiger partial charge in [0.1, 0.15) is 0 Å². The van der Waals surface area contributed by atoms with Gasteiger partial charge in [0.15, 0.2) is 0 Å². The van der Waals surface area contributed by atoms with Crippen molar-refractivity contribution in [2.45, 2.75) is 25.8 Å². The van der Waals surface area contributed by atoms with Crippen molar-refractivity contribution >= 4 is 28.6 Å². The number of thiophene rings is 1. The number of aryl methyl sites for hydroxylation is 1. The van der Waals surface area contributed by atoms with Gasteiger partial charge >= 0.3 is 0 Å². The molecule has 1 N–H and O–H groups in total. The molecule has 0 fully saturated rings. The fourth-order valence-corrected chi connectivity index (χ4v) is 3.78. The molecule has 0 aromatic carbocycles. The van der Waals surface area contributed by atoms with Gasteiger partial charge in [-0.05, 0) is 43.5 Å². The van der Waals surface area contributed by atoms with Gasteiger partial charge in [-0.15, -0.1) is 11.3 Å². The molecule has 0 bridgehead atoms. The zero-order valence-electron chi connectivity index (χ0n) is 10.6. The number of hydrogen-bond donors (Lipinski definition) is 1. The summed E-state index contributed by atoms with van der Waals surface area (Å²) in [7, 11) is 0. The maximum absolute atomic E-state index is 6.08. The zero-order valence-corrected chi connectivity index (χ0v) is 12.2. The van der Waals surface area contributed by atoms with Crippen molar-refractivity contribution in [2.75, 3.05) is 11.9 Å². The van der Waals surface area contributed by atoms with E-state index >= 15 is 0 Å². The Morgan fingerprint density at radius 3 is 3.32 bits per heavy atom. The average molecular weight is 295 g/mol. The molecule has 1 aliphatic carbocycles. The lowest BCUT2D eigenvalue weighted by Crippen LogP contribution is -2.09. The Bertz CT molecular complexity index is 585. The first-order valence-corrected chi connectivity index (χ1v) is 7.60. The maximum Gasteiger partial charge on any atom is 0.237 e. The van der Waals surface area contributed by atoms with Crippen LogP contribution >= 0.6 is 22.9 Å². The second-order valence-electron chi connectivity index (χ2n) is 4.45. The van der Waals surface area contributed by atoms with Gasteiger partial charge in [0, 0.05) is 11.1 Å². The molecule has 0 radical (unpaired) electrons. The summed E-state index contributed by atoms with van der Waals surface area (Å²) < 4.78 is 6.41. The molecule has 3 rings (SSSR count). The fraction of sp³-hybridized carbons (Fsp3) is 0.357. The van der Waals surface area contributed by atoms with Crippen LogP contribution in [-0.4, -0.2) is 11.6 Å². The van der Waals surface area contributed by atoms with Crippen molar-refractivity contribution in [1.29, 1.82) is 0 Å². The fourth-order valence-electron chi connectivity index (χ4n) is 2.42. The minimum atomic E-state index is 0.308. The number of nitrogens with one attached hydrogen (secondary N) is 1. The number of anilines is 1. The van der Waals surface area contributed by atoms with Gasteiger partial charge in [0.25, 0.3) is 0 Å². The van der Waals surface area contributed by atoms with E-state index in [1.807, 2.05) is 19.1 Å². The number of ether oxygens (including phenoxy) is 1. The van der Waals surface area contributed by atoms with E-state index in [1.54, 1.807) is 17.5 Å². The molecular weight excluding hydrogens is 280 g/mol. The molecule has 0 saturated carbocycles. The van der Waals surface area contributed by atoms with Crippen LogP contribution in [0.5, 0.6) is 5.88 Å². The maximum atomic E-state index is 6.08. The van der Waals surface area contributed by atoms with Gasteiger partial charge in [0.2, 0.25) is 5.88 Å². The normalized spacial score (nSPS) is 17.3. The Hall–Kier alpha value is -1.26. The third-order valence-corrected chi connectivity index (χ3v) is 4.57. The predicted octanol–water partition coefficient (Wildman–Crippen LogP) is 4.29. The number of aromatic nitrogens is 1. The van der Waals surface area contributed by atoms with Crippen LogP contribution in [0.4, 0.5) is 5.69 Å². The zero-order chi connectivity index (χ0) is 13.2. The SMILES string of the molecule is CCOc1ncccc1NC1CCc2sc(Cl)cc21. The second-order valence-corrected chi connectivity index (χ2v) is 6.22. The number of hydrogen-bond acceptors (Lipinski definition) is 4. The average Bonchev–Trinajstić information content (AvgIpc) is 2.93. The highest BCUT2D eigenvalue weighted by atomic mass is 35.5. The van der Waals surface area contributed by atoms with E-state index in [9.17, 15) is 0 Å². The van der Waals surface area contributed by atoms with E-state index in [1.165, 1.54) is 10.4 Å². The predicted molar refractivity (Wildman–Crippen MR) is 79.4 cm³/mol. The van der Waals surface area contributed by atoms with Crippen LogP contribution in [0.2, 0.25) is 4.34 Å². The number of fused-ring (bicyclic) bond motifs is 1. The van der Waals surface area contributed by atoms with E-state index in [4.69, 9.17) is 16.3 Å². The van der Waals surface area contributed by atoms with Crippen molar-refractivity contribution in [3.8, 4) is 5.88 Å². The van der Waals surface area contributed by atoms with Gasteiger partial charge in [-0.3, -0.25) is 0 Å². The lowest BCUT2D eigenvalue weighted by Gasteiger charge is -2.16. The molecule has 5 heteroatoms. The summed E-state index contributed by atoms with van der Waals surface area (Å²) in [5.74, 6) is 0.666. The van der Waals surface area contributed by atoms with Crippen LogP contribution in [0, 0.1) is 0 Å². The first kappa shape index (κ1) is 12.8. The van der Waals surface area contributed by atoms with Crippen molar-refractivity contribution < 1.29 is 4.74 Å². The highest BCUT2D eigenvalue weighted by molar-refractivity contribution is 7.16. The minimum Gasteiger partial charge on any atom is -0.476 e. The standard InChI is InChI=1S/C14H15ClN2OS/c1-2-18-14-11(4-3-7-16-14)17-10-5-6-12-9(10)8-13(15)19-12/h3-4,7-8,10,17H,2,5-6H2,1H3. The molecule has 2 aromatic heterocycles. The number of halogens is 1.